The summed E-state index contributed by atoms with van der Waals surface area (Å²) in [4.78, 5) is 19.2. The van der Waals surface area contributed by atoms with E-state index in [0.29, 0.717) is 13.1 Å². The Balaban J connectivity index is 2.04. The molecule has 0 unspecified atom stereocenters. The Labute approximate surface area is 137 Å². The van der Waals surface area contributed by atoms with Crippen molar-refractivity contribution >= 4 is 11.7 Å². The second-order valence-electron chi connectivity index (χ2n) is 6.82. The Bertz CT molecular complexity index is 742. The van der Waals surface area contributed by atoms with Crippen LogP contribution in [0.2, 0.25) is 0 Å². The third-order valence-corrected chi connectivity index (χ3v) is 3.98. The number of aliphatic imine (C=N–C) groups is 1. The summed E-state index contributed by atoms with van der Waals surface area (Å²) in [7, 11) is 0. The van der Waals surface area contributed by atoms with E-state index in [1.807, 2.05) is 56.0 Å². The first kappa shape index (κ1) is 15.5. The lowest BCUT2D eigenvalue weighted by Gasteiger charge is -2.27. The Hall–Kier alpha value is -2.42. The van der Waals surface area contributed by atoms with Crippen LogP contribution in [0.1, 0.15) is 26.3 Å². The molecule has 0 saturated carbocycles. The molecule has 3 heteroatoms. The van der Waals surface area contributed by atoms with Crippen molar-refractivity contribution in [1.29, 1.82) is 0 Å². The van der Waals surface area contributed by atoms with E-state index in [2.05, 4.69) is 29.3 Å². The van der Waals surface area contributed by atoms with Crippen LogP contribution in [0.3, 0.4) is 0 Å². The molecule has 0 saturated heterocycles. The summed E-state index contributed by atoms with van der Waals surface area (Å²) >= 11 is 0. The number of hydrogen-bond donors (Lipinski definition) is 0. The van der Waals surface area contributed by atoms with Gasteiger partial charge in [0, 0.05) is 17.5 Å². The van der Waals surface area contributed by atoms with Gasteiger partial charge < -0.3 is 0 Å². The van der Waals surface area contributed by atoms with Gasteiger partial charge in [0.1, 0.15) is 5.84 Å². The monoisotopic (exact) mass is 306 g/mol. The van der Waals surface area contributed by atoms with E-state index in [4.69, 9.17) is 0 Å². The van der Waals surface area contributed by atoms with Gasteiger partial charge in [-0.3, -0.25) is 14.7 Å². The van der Waals surface area contributed by atoms with Crippen molar-refractivity contribution < 1.29 is 4.79 Å². The quantitative estimate of drug-likeness (QED) is 0.825. The van der Waals surface area contributed by atoms with E-state index in [-0.39, 0.29) is 5.91 Å². The zero-order valence-corrected chi connectivity index (χ0v) is 13.9. The first-order valence-electron chi connectivity index (χ1n) is 8.00. The number of hydrogen-bond acceptors (Lipinski definition) is 2. The van der Waals surface area contributed by atoms with Gasteiger partial charge in [0.25, 0.3) is 0 Å². The van der Waals surface area contributed by atoms with E-state index < -0.39 is 5.41 Å². The summed E-state index contributed by atoms with van der Waals surface area (Å²) in [5.74, 6) is 0.918. The molecule has 1 aliphatic rings. The molecule has 2 aromatic rings. The van der Waals surface area contributed by atoms with Crippen molar-refractivity contribution in [2.45, 2.75) is 20.8 Å². The zero-order valence-electron chi connectivity index (χ0n) is 13.9. The maximum atomic E-state index is 12.7. The Morgan fingerprint density at radius 3 is 2.22 bits per heavy atom. The van der Waals surface area contributed by atoms with E-state index in [1.54, 1.807) is 0 Å². The van der Waals surface area contributed by atoms with Gasteiger partial charge in [-0.2, -0.15) is 0 Å². The number of nitrogens with zero attached hydrogens (tertiary/aromatic N) is 2. The van der Waals surface area contributed by atoms with Gasteiger partial charge in [0.05, 0.1) is 6.54 Å². The maximum Gasteiger partial charge on any atom is 0.233 e. The topological polar surface area (TPSA) is 32.7 Å². The molecule has 0 bridgehead atoms. The van der Waals surface area contributed by atoms with E-state index in [9.17, 15) is 4.79 Å². The van der Waals surface area contributed by atoms with Gasteiger partial charge in [0.2, 0.25) is 5.91 Å². The summed E-state index contributed by atoms with van der Waals surface area (Å²) in [6.45, 7) is 7.19. The lowest BCUT2D eigenvalue weighted by molar-refractivity contribution is -0.134. The standard InChI is InChI=1S/C20H22N2O/c1-20(2,3)19(23)22-14-13-21-18(22)17-12-8-7-11-16(17)15-9-5-4-6-10-15/h4-12H,13-14H2,1-3H3. The normalized spacial score (nSPS) is 14.7. The lowest BCUT2D eigenvalue weighted by atomic mass is 9.93. The molecule has 0 fully saturated rings. The number of rotatable bonds is 2. The van der Waals surface area contributed by atoms with Crippen molar-refractivity contribution in [2.24, 2.45) is 10.4 Å². The number of benzene rings is 2. The molecule has 0 aromatic heterocycles. The Morgan fingerprint density at radius 1 is 0.957 bits per heavy atom. The van der Waals surface area contributed by atoms with Crippen molar-refractivity contribution in [3.8, 4) is 11.1 Å². The summed E-state index contributed by atoms with van der Waals surface area (Å²) in [6, 6.07) is 18.4. The van der Waals surface area contributed by atoms with E-state index >= 15 is 0 Å². The fourth-order valence-electron chi connectivity index (χ4n) is 2.83. The average molecular weight is 306 g/mol. The van der Waals surface area contributed by atoms with Gasteiger partial charge in [-0.05, 0) is 11.1 Å². The molecule has 118 valence electrons. The SMILES string of the molecule is CC(C)(C)C(=O)N1CCN=C1c1ccccc1-c1ccccc1. The second-order valence-corrected chi connectivity index (χ2v) is 6.82. The predicted octanol–water partition coefficient (Wildman–Crippen LogP) is 3.99. The number of carbonyl (C=O) groups is 1. The van der Waals surface area contributed by atoms with Crippen LogP contribution < -0.4 is 0 Å². The molecule has 0 radical (unpaired) electrons. The average Bonchev–Trinajstić information content (AvgIpc) is 3.03. The molecule has 0 spiro atoms. The first-order chi connectivity index (χ1) is 11.0. The maximum absolute atomic E-state index is 12.7. The molecule has 1 amide bonds. The molecule has 0 atom stereocenters. The highest BCUT2D eigenvalue weighted by Crippen LogP contribution is 2.28. The molecule has 3 nitrogen and oxygen atoms in total. The minimum atomic E-state index is -0.410. The molecule has 0 N–H and O–H groups in total. The van der Waals surface area contributed by atoms with Gasteiger partial charge in [0.15, 0.2) is 0 Å². The third-order valence-electron chi connectivity index (χ3n) is 3.98. The molecule has 23 heavy (non-hydrogen) atoms. The van der Waals surface area contributed by atoms with E-state index in [0.717, 1.165) is 22.5 Å². The van der Waals surface area contributed by atoms with Gasteiger partial charge in [-0.15, -0.1) is 0 Å². The van der Waals surface area contributed by atoms with Gasteiger partial charge in [-0.25, -0.2) is 0 Å². The van der Waals surface area contributed by atoms with Crippen molar-refractivity contribution in [2.75, 3.05) is 13.1 Å². The van der Waals surface area contributed by atoms with Crippen LogP contribution in [0.4, 0.5) is 0 Å². The summed E-state index contributed by atoms with van der Waals surface area (Å²) in [6.07, 6.45) is 0. The van der Waals surface area contributed by atoms with Crippen molar-refractivity contribution in [3.63, 3.8) is 0 Å². The molecule has 0 aliphatic carbocycles. The van der Waals surface area contributed by atoms with Crippen molar-refractivity contribution in [1.82, 2.24) is 4.90 Å². The van der Waals surface area contributed by atoms with Crippen LogP contribution in [-0.2, 0) is 4.79 Å². The molecule has 1 heterocycles. The second kappa shape index (κ2) is 5.99. The third kappa shape index (κ3) is 3.04. The number of amidine groups is 1. The number of carbonyl (C=O) groups excluding carboxylic acids is 1. The minimum absolute atomic E-state index is 0.122. The lowest BCUT2D eigenvalue weighted by Crippen LogP contribution is -2.42. The van der Waals surface area contributed by atoms with Crippen LogP contribution in [0.25, 0.3) is 11.1 Å². The summed E-state index contributed by atoms with van der Waals surface area (Å²) in [5.41, 5.74) is 2.86. The fourth-order valence-corrected chi connectivity index (χ4v) is 2.83. The largest absolute Gasteiger partial charge is 0.294 e. The molecular formula is C20H22N2O. The van der Waals surface area contributed by atoms with Crippen molar-refractivity contribution in [3.05, 3.63) is 60.2 Å². The first-order valence-corrected chi connectivity index (χ1v) is 8.00. The smallest absolute Gasteiger partial charge is 0.233 e. The Morgan fingerprint density at radius 2 is 1.57 bits per heavy atom. The molecule has 2 aromatic carbocycles. The molecule has 1 aliphatic heterocycles. The van der Waals surface area contributed by atoms with Crippen LogP contribution in [0, 0.1) is 5.41 Å². The highest BCUT2D eigenvalue weighted by atomic mass is 16.2. The van der Waals surface area contributed by atoms with Gasteiger partial charge in [-0.1, -0.05) is 75.4 Å². The Kier molecular flexibility index (Phi) is 4.03. The van der Waals surface area contributed by atoms with E-state index in [1.165, 1.54) is 0 Å². The summed E-state index contributed by atoms with van der Waals surface area (Å²) < 4.78 is 0. The zero-order chi connectivity index (χ0) is 16.4. The van der Waals surface area contributed by atoms with Gasteiger partial charge >= 0.3 is 0 Å². The molecular weight excluding hydrogens is 284 g/mol. The number of amides is 1. The van der Waals surface area contributed by atoms with Crippen LogP contribution in [0.5, 0.6) is 0 Å². The highest BCUT2D eigenvalue weighted by molar-refractivity contribution is 6.13. The highest BCUT2D eigenvalue weighted by Gasteiger charge is 2.33. The minimum Gasteiger partial charge on any atom is -0.294 e. The van der Waals surface area contributed by atoms with Crippen LogP contribution >= 0.6 is 0 Å². The van der Waals surface area contributed by atoms with Crippen LogP contribution in [0.15, 0.2) is 59.6 Å². The van der Waals surface area contributed by atoms with Crippen LogP contribution in [-0.4, -0.2) is 29.7 Å². The summed E-state index contributed by atoms with van der Waals surface area (Å²) in [5, 5.41) is 0. The predicted molar refractivity (Wildman–Crippen MR) is 94.5 cm³/mol. The fraction of sp³-hybridized carbons (Fsp3) is 0.300. The molecule has 3 rings (SSSR count).